The van der Waals surface area contributed by atoms with Gasteiger partial charge in [-0.1, -0.05) is 31.2 Å². The number of sulfonamides is 1. The lowest BCUT2D eigenvalue weighted by molar-refractivity contribution is -0.122. The number of rotatable bonds is 7. The van der Waals surface area contributed by atoms with Crippen LogP contribution in [0.25, 0.3) is 0 Å². The van der Waals surface area contributed by atoms with Crippen LogP contribution in [0.2, 0.25) is 0 Å². The highest BCUT2D eigenvalue weighted by atomic mass is 32.2. The standard InChI is InChI=1S/C23H32N2O3S/c1-8-22(20-11-9-15(2)17(4)13-20)24-23(26)19(6)25(29(7,27)28)21-12-10-16(3)18(5)14-21/h9-14,19,22H,8H2,1-7H3,(H,24,26)/t19-,22-/m1/s1. The SMILES string of the molecule is CC[C@@H](NC(=O)[C@@H](C)N(c1ccc(C)c(C)c1)S(C)(=O)=O)c1ccc(C)c(C)c1. The Morgan fingerprint density at radius 2 is 1.52 bits per heavy atom. The van der Waals surface area contributed by atoms with Crippen LogP contribution >= 0.6 is 0 Å². The molecule has 5 nitrogen and oxygen atoms in total. The van der Waals surface area contributed by atoms with Crippen molar-refractivity contribution in [2.45, 2.75) is 60.0 Å². The monoisotopic (exact) mass is 416 g/mol. The van der Waals surface area contributed by atoms with E-state index in [4.69, 9.17) is 0 Å². The number of nitrogens with one attached hydrogen (secondary N) is 1. The smallest absolute Gasteiger partial charge is 0.244 e. The van der Waals surface area contributed by atoms with Gasteiger partial charge in [-0.2, -0.15) is 0 Å². The Bertz CT molecular complexity index is 999. The van der Waals surface area contributed by atoms with E-state index in [9.17, 15) is 13.2 Å². The zero-order chi connectivity index (χ0) is 21.9. The lowest BCUT2D eigenvalue weighted by Gasteiger charge is -2.30. The van der Waals surface area contributed by atoms with Gasteiger partial charge in [0.2, 0.25) is 15.9 Å². The van der Waals surface area contributed by atoms with Crippen molar-refractivity contribution in [3.05, 3.63) is 64.2 Å². The molecule has 2 atom stereocenters. The molecule has 0 fully saturated rings. The highest BCUT2D eigenvalue weighted by Gasteiger charge is 2.30. The Morgan fingerprint density at radius 1 is 0.966 bits per heavy atom. The molecule has 0 radical (unpaired) electrons. The third-order valence-corrected chi connectivity index (χ3v) is 6.73. The molecule has 1 amide bonds. The Morgan fingerprint density at radius 3 is 2.00 bits per heavy atom. The maximum atomic E-state index is 13.0. The van der Waals surface area contributed by atoms with E-state index in [1.165, 1.54) is 9.87 Å². The number of hydrogen-bond donors (Lipinski definition) is 1. The van der Waals surface area contributed by atoms with Crippen molar-refractivity contribution in [1.29, 1.82) is 0 Å². The topological polar surface area (TPSA) is 66.5 Å². The first-order valence-electron chi connectivity index (χ1n) is 9.89. The van der Waals surface area contributed by atoms with E-state index in [2.05, 4.69) is 11.4 Å². The summed E-state index contributed by atoms with van der Waals surface area (Å²) < 4.78 is 26.3. The van der Waals surface area contributed by atoms with Crippen molar-refractivity contribution < 1.29 is 13.2 Å². The molecule has 6 heteroatoms. The van der Waals surface area contributed by atoms with Crippen molar-refractivity contribution in [1.82, 2.24) is 5.32 Å². The highest BCUT2D eigenvalue weighted by Crippen LogP contribution is 2.25. The van der Waals surface area contributed by atoms with Crippen LogP contribution in [-0.2, 0) is 14.8 Å². The number of carbonyl (C=O) groups excluding carboxylic acids is 1. The summed E-state index contributed by atoms with van der Waals surface area (Å²) in [5.41, 5.74) is 5.92. The van der Waals surface area contributed by atoms with Gasteiger partial charge in [0.25, 0.3) is 0 Å². The summed E-state index contributed by atoms with van der Waals surface area (Å²) in [6.07, 6.45) is 1.84. The van der Waals surface area contributed by atoms with E-state index in [-0.39, 0.29) is 11.9 Å². The van der Waals surface area contributed by atoms with Gasteiger partial charge >= 0.3 is 0 Å². The Labute approximate surface area is 175 Å². The summed E-state index contributed by atoms with van der Waals surface area (Å²) in [5, 5.41) is 3.03. The van der Waals surface area contributed by atoms with Gasteiger partial charge < -0.3 is 5.32 Å². The molecule has 1 N–H and O–H groups in total. The molecule has 2 rings (SSSR count). The summed E-state index contributed by atoms with van der Waals surface area (Å²) in [5.74, 6) is -0.321. The highest BCUT2D eigenvalue weighted by molar-refractivity contribution is 7.92. The van der Waals surface area contributed by atoms with Crippen LogP contribution < -0.4 is 9.62 Å². The summed E-state index contributed by atoms with van der Waals surface area (Å²) >= 11 is 0. The Hall–Kier alpha value is -2.34. The van der Waals surface area contributed by atoms with Crippen molar-refractivity contribution in [3.8, 4) is 0 Å². The van der Waals surface area contributed by atoms with Crippen molar-refractivity contribution in [2.24, 2.45) is 0 Å². The fourth-order valence-electron chi connectivity index (χ4n) is 3.37. The molecule has 0 aliphatic carbocycles. The number of hydrogen-bond acceptors (Lipinski definition) is 3. The van der Waals surface area contributed by atoms with E-state index < -0.39 is 16.1 Å². The first kappa shape index (κ1) is 22.9. The lowest BCUT2D eigenvalue weighted by Crippen LogP contribution is -2.48. The molecule has 0 spiro atoms. The van der Waals surface area contributed by atoms with E-state index in [1.807, 2.05) is 52.8 Å². The van der Waals surface area contributed by atoms with Crippen molar-refractivity contribution >= 4 is 21.6 Å². The van der Waals surface area contributed by atoms with Crippen LogP contribution in [0.3, 0.4) is 0 Å². The van der Waals surface area contributed by atoms with Gasteiger partial charge in [0.15, 0.2) is 0 Å². The first-order chi connectivity index (χ1) is 13.5. The van der Waals surface area contributed by atoms with Crippen LogP contribution in [0, 0.1) is 27.7 Å². The molecule has 29 heavy (non-hydrogen) atoms. The molecular weight excluding hydrogens is 384 g/mol. The number of carbonyl (C=O) groups is 1. The predicted molar refractivity (Wildman–Crippen MR) is 120 cm³/mol. The van der Waals surface area contributed by atoms with Gasteiger partial charge in [0.1, 0.15) is 6.04 Å². The largest absolute Gasteiger partial charge is 0.347 e. The van der Waals surface area contributed by atoms with Crippen LogP contribution in [-0.4, -0.2) is 26.6 Å². The zero-order valence-corrected chi connectivity index (χ0v) is 19.2. The number of amides is 1. The third-order valence-electron chi connectivity index (χ3n) is 5.49. The predicted octanol–water partition coefficient (Wildman–Crippen LogP) is 4.34. The van der Waals surface area contributed by atoms with Crippen LogP contribution in [0.5, 0.6) is 0 Å². The van der Waals surface area contributed by atoms with Crippen LogP contribution in [0.15, 0.2) is 36.4 Å². The molecule has 0 heterocycles. The normalized spacial score (nSPS) is 13.6. The first-order valence-corrected chi connectivity index (χ1v) is 11.7. The number of nitrogens with zero attached hydrogens (tertiary/aromatic N) is 1. The minimum absolute atomic E-state index is 0.176. The van der Waals surface area contributed by atoms with Gasteiger partial charge in [0.05, 0.1) is 18.0 Å². The summed E-state index contributed by atoms with van der Waals surface area (Å²) in [7, 11) is -3.64. The van der Waals surface area contributed by atoms with Gasteiger partial charge in [0, 0.05) is 0 Å². The fourth-order valence-corrected chi connectivity index (χ4v) is 4.53. The molecule has 0 aliphatic rings. The van der Waals surface area contributed by atoms with E-state index in [1.54, 1.807) is 19.1 Å². The Balaban J connectivity index is 2.32. The van der Waals surface area contributed by atoms with E-state index >= 15 is 0 Å². The molecule has 0 saturated carbocycles. The molecule has 0 saturated heterocycles. The Kier molecular flexibility index (Phi) is 7.11. The molecule has 0 unspecified atom stereocenters. The number of anilines is 1. The zero-order valence-electron chi connectivity index (χ0n) is 18.4. The van der Waals surface area contributed by atoms with Gasteiger partial charge in [-0.25, -0.2) is 8.42 Å². The van der Waals surface area contributed by atoms with E-state index in [0.717, 1.165) is 28.5 Å². The lowest BCUT2D eigenvalue weighted by atomic mass is 9.99. The summed E-state index contributed by atoms with van der Waals surface area (Å²) in [6, 6.07) is 10.5. The van der Waals surface area contributed by atoms with Gasteiger partial charge in [-0.15, -0.1) is 0 Å². The van der Waals surface area contributed by atoms with Crippen LogP contribution in [0.1, 0.15) is 54.1 Å². The fraction of sp³-hybridized carbons (Fsp3) is 0.435. The maximum Gasteiger partial charge on any atom is 0.244 e. The molecule has 0 bridgehead atoms. The summed E-state index contributed by atoms with van der Waals surface area (Å²) in [4.78, 5) is 13.0. The maximum absolute atomic E-state index is 13.0. The molecule has 158 valence electrons. The van der Waals surface area contributed by atoms with Crippen molar-refractivity contribution in [3.63, 3.8) is 0 Å². The third kappa shape index (κ3) is 5.38. The molecule has 2 aromatic carbocycles. The van der Waals surface area contributed by atoms with Gasteiger partial charge in [-0.3, -0.25) is 9.10 Å². The quantitative estimate of drug-likeness (QED) is 0.730. The second-order valence-electron chi connectivity index (χ2n) is 7.82. The van der Waals surface area contributed by atoms with Gasteiger partial charge in [-0.05, 0) is 81.0 Å². The molecule has 0 aromatic heterocycles. The molecule has 0 aliphatic heterocycles. The van der Waals surface area contributed by atoms with E-state index in [0.29, 0.717) is 12.1 Å². The summed E-state index contributed by atoms with van der Waals surface area (Å²) in [6.45, 7) is 11.6. The number of aryl methyl sites for hydroxylation is 4. The molecule has 2 aromatic rings. The minimum atomic E-state index is -3.64. The average Bonchev–Trinajstić information content (AvgIpc) is 2.63. The minimum Gasteiger partial charge on any atom is -0.347 e. The molecular formula is C23H32N2O3S. The van der Waals surface area contributed by atoms with Crippen LogP contribution in [0.4, 0.5) is 5.69 Å². The van der Waals surface area contributed by atoms with Crippen molar-refractivity contribution in [2.75, 3.05) is 10.6 Å². The second kappa shape index (κ2) is 8.99. The number of benzene rings is 2. The average molecular weight is 417 g/mol. The second-order valence-corrected chi connectivity index (χ2v) is 9.68.